The first-order valence-corrected chi connectivity index (χ1v) is 9.19. The van der Waals surface area contributed by atoms with Crippen LogP contribution in [0.25, 0.3) is 0 Å². The van der Waals surface area contributed by atoms with Gasteiger partial charge in [-0.3, -0.25) is 9.80 Å². The molecule has 0 N–H and O–H groups in total. The van der Waals surface area contributed by atoms with Crippen molar-refractivity contribution in [3.8, 4) is 0 Å². The third-order valence-corrected chi connectivity index (χ3v) is 4.41. The molecule has 3 aromatic carbocycles. The van der Waals surface area contributed by atoms with Crippen molar-refractivity contribution in [3.63, 3.8) is 0 Å². The molecule has 0 aliphatic heterocycles. The van der Waals surface area contributed by atoms with Crippen LogP contribution in [-0.2, 0) is 24.4 Å². The molecule has 0 aliphatic carbocycles. The second-order valence-electron chi connectivity index (χ2n) is 6.64. The van der Waals surface area contributed by atoms with E-state index in [0.717, 1.165) is 16.1 Å². The van der Waals surface area contributed by atoms with Crippen LogP contribution in [0.4, 0.5) is 13.2 Å². The first kappa shape index (κ1) is 20.6. The zero-order valence-corrected chi connectivity index (χ0v) is 15.7. The summed E-state index contributed by atoms with van der Waals surface area (Å²) < 4.78 is 40.3. The van der Waals surface area contributed by atoms with Crippen molar-refractivity contribution < 1.29 is 18.0 Å². The van der Waals surface area contributed by atoms with Gasteiger partial charge in [-0.25, -0.2) is 5.01 Å². The number of amides is 1. The fourth-order valence-electron chi connectivity index (χ4n) is 3.02. The van der Waals surface area contributed by atoms with E-state index in [9.17, 15) is 18.0 Å². The first-order valence-electron chi connectivity index (χ1n) is 9.19. The van der Waals surface area contributed by atoms with Crippen LogP contribution in [0.2, 0.25) is 0 Å². The molecule has 0 radical (unpaired) electrons. The molecule has 0 spiro atoms. The monoisotopic (exact) mass is 398 g/mol. The summed E-state index contributed by atoms with van der Waals surface area (Å²) in [6.07, 6.45) is -4.97. The average Bonchev–Trinajstić information content (AvgIpc) is 2.73. The van der Waals surface area contributed by atoms with Gasteiger partial charge in [-0.15, -0.1) is 0 Å². The lowest BCUT2D eigenvalue weighted by molar-refractivity contribution is -0.205. The maximum absolute atomic E-state index is 13.4. The van der Waals surface area contributed by atoms with Gasteiger partial charge in [-0.2, -0.15) is 13.2 Å². The predicted octanol–water partition coefficient (Wildman–Crippen LogP) is 5.19. The quantitative estimate of drug-likeness (QED) is 0.511. The van der Waals surface area contributed by atoms with Crippen LogP contribution < -0.4 is 0 Å². The van der Waals surface area contributed by atoms with E-state index in [1.165, 1.54) is 5.01 Å². The summed E-state index contributed by atoms with van der Waals surface area (Å²) in [7, 11) is 0. The van der Waals surface area contributed by atoms with E-state index in [4.69, 9.17) is 0 Å². The average molecular weight is 398 g/mol. The molecule has 0 bridgehead atoms. The molecule has 0 atom stereocenters. The van der Waals surface area contributed by atoms with Gasteiger partial charge in [0, 0.05) is 13.1 Å². The fraction of sp³-hybridized carbons (Fsp3) is 0.174. The first-order chi connectivity index (χ1) is 13.9. The van der Waals surface area contributed by atoms with Gasteiger partial charge in [-0.05, 0) is 16.7 Å². The molecular formula is C23H21F3N2O. The zero-order valence-electron chi connectivity index (χ0n) is 15.7. The molecule has 6 heteroatoms. The minimum atomic E-state index is -4.97. The summed E-state index contributed by atoms with van der Waals surface area (Å²) in [6, 6.07) is 27.0. The van der Waals surface area contributed by atoms with Crippen molar-refractivity contribution in [2.75, 3.05) is 0 Å². The standard InChI is InChI=1S/C23H21F3N2O/c24-23(25,26)22(29)28(18-21-14-8-3-9-15-21)27(16-19-10-4-1-5-11-19)17-20-12-6-2-7-13-20/h1-15H,16-18H2. The lowest BCUT2D eigenvalue weighted by Gasteiger charge is -2.35. The van der Waals surface area contributed by atoms with Crippen molar-refractivity contribution in [2.45, 2.75) is 25.8 Å². The maximum Gasteiger partial charge on any atom is 0.472 e. The highest BCUT2D eigenvalue weighted by molar-refractivity contribution is 5.81. The Hall–Kier alpha value is -3.12. The molecule has 0 aliphatic rings. The number of benzene rings is 3. The number of rotatable bonds is 7. The molecular weight excluding hydrogens is 377 g/mol. The van der Waals surface area contributed by atoms with Crippen LogP contribution in [0.5, 0.6) is 0 Å². The molecule has 1 amide bonds. The number of halogens is 3. The molecule has 29 heavy (non-hydrogen) atoms. The van der Waals surface area contributed by atoms with Crippen LogP contribution in [0, 0.1) is 0 Å². The summed E-state index contributed by atoms with van der Waals surface area (Å²) in [5.41, 5.74) is 2.25. The molecule has 0 saturated carbocycles. The second kappa shape index (κ2) is 9.39. The molecule has 3 aromatic rings. The minimum Gasteiger partial charge on any atom is -0.263 e. The van der Waals surface area contributed by atoms with Crippen LogP contribution in [0.1, 0.15) is 16.7 Å². The molecule has 0 saturated heterocycles. The van der Waals surface area contributed by atoms with Crippen molar-refractivity contribution in [1.29, 1.82) is 0 Å². The van der Waals surface area contributed by atoms with Gasteiger partial charge < -0.3 is 0 Å². The minimum absolute atomic E-state index is 0.168. The van der Waals surface area contributed by atoms with Crippen molar-refractivity contribution in [2.24, 2.45) is 0 Å². The highest BCUT2D eigenvalue weighted by atomic mass is 19.4. The molecule has 0 fully saturated rings. The number of carbonyl (C=O) groups excluding carboxylic acids is 1. The Morgan fingerprint density at radius 3 is 1.31 bits per heavy atom. The summed E-state index contributed by atoms with van der Waals surface area (Å²) >= 11 is 0. The van der Waals surface area contributed by atoms with Crippen LogP contribution in [0.15, 0.2) is 91.0 Å². The number of hydrogen-bond acceptors (Lipinski definition) is 2. The van der Waals surface area contributed by atoms with E-state index in [1.807, 2.05) is 60.7 Å². The largest absolute Gasteiger partial charge is 0.472 e. The predicted molar refractivity (Wildman–Crippen MR) is 105 cm³/mol. The van der Waals surface area contributed by atoms with Crippen LogP contribution in [-0.4, -0.2) is 22.1 Å². The van der Waals surface area contributed by atoms with E-state index in [-0.39, 0.29) is 19.6 Å². The SMILES string of the molecule is O=C(N(Cc1ccccc1)N(Cc1ccccc1)Cc1ccccc1)C(F)(F)F. The lowest BCUT2D eigenvalue weighted by atomic mass is 10.2. The van der Waals surface area contributed by atoms with E-state index in [1.54, 1.807) is 30.3 Å². The van der Waals surface area contributed by atoms with Crippen molar-refractivity contribution >= 4 is 5.91 Å². The molecule has 150 valence electrons. The Morgan fingerprint density at radius 2 is 0.966 bits per heavy atom. The highest BCUT2D eigenvalue weighted by Crippen LogP contribution is 2.24. The third kappa shape index (κ3) is 5.93. The Kier molecular flexibility index (Phi) is 6.67. The van der Waals surface area contributed by atoms with Crippen molar-refractivity contribution in [1.82, 2.24) is 10.0 Å². The van der Waals surface area contributed by atoms with Gasteiger partial charge in [0.15, 0.2) is 0 Å². The Balaban J connectivity index is 1.96. The molecule has 0 heterocycles. The van der Waals surface area contributed by atoms with Gasteiger partial charge in [0.05, 0.1) is 6.54 Å². The number of carbonyl (C=O) groups is 1. The van der Waals surface area contributed by atoms with E-state index in [2.05, 4.69) is 0 Å². The van der Waals surface area contributed by atoms with Gasteiger partial charge in [0.2, 0.25) is 0 Å². The summed E-state index contributed by atoms with van der Waals surface area (Å²) in [4.78, 5) is 12.4. The normalized spacial score (nSPS) is 11.4. The van der Waals surface area contributed by atoms with E-state index < -0.39 is 12.1 Å². The van der Waals surface area contributed by atoms with Crippen LogP contribution >= 0.6 is 0 Å². The Morgan fingerprint density at radius 1 is 0.621 bits per heavy atom. The maximum atomic E-state index is 13.4. The number of hydrazine groups is 1. The van der Waals surface area contributed by atoms with Gasteiger partial charge in [0.25, 0.3) is 0 Å². The molecule has 0 aromatic heterocycles. The van der Waals surface area contributed by atoms with E-state index in [0.29, 0.717) is 5.56 Å². The zero-order chi connectivity index (χ0) is 20.7. The van der Waals surface area contributed by atoms with Crippen molar-refractivity contribution in [3.05, 3.63) is 108 Å². The third-order valence-electron chi connectivity index (χ3n) is 4.41. The van der Waals surface area contributed by atoms with E-state index >= 15 is 0 Å². The number of nitrogens with zero attached hydrogens (tertiary/aromatic N) is 2. The second-order valence-corrected chi connectivity index (χ2v) is 6.64. The van der Waals surface area contributed by atoms with Gasteiger partial charge >= 0.3 is 12.1 Å². The summed E-state index contributed by atoms with van der Waals surface area (Å²) in [6.45, 7) is 0.174. The fourth-order valence-corrected chi connectivity index (χ4v) is 3.02. The van der Waals surface area contributed by atoms with Gasteiger partial charge in [0.1, 0.15) is 0 Å². The summed E-state index contributed by atoms with van der Waals surface area (Å²) in [5, 5.41) is 2.25. The smallest absolute Gasteiger partial charge is 0.263 e. The summed E-state index contributed by atoms with van der Waals surface area (Å²) in [5.74, 6) is -1.88. The Labute approximate surface area is 168 Å². The molecule has 3 rings (SSSR count). The van der Waals surface area contributed by atoms with Gasteiger partial charge in [-0.1, -0.05) is 91.0 Å². The number of hydrogen-bond donors (Lipinski definition) is 0. The Bertz CT molecular complexity index is 858. The highest BCUT2D eigenvalue weighted by Gasteiger charge is 2.44. The topological polar surface area (TPSA) is 23.6 Å². The van der Waals surface area contributed by atoms with Crippen LogP contribution in [0.3, 0.4) is 0 Å². The number of alkyl halides is 3. The molecule has 0 unspecified atom stereocenters. The molecule has 3 nitrogen and oxygen atoms in total. The lowest BCUT2D eigenvalue weighted by Crippen LogP contribution is -2.50.